The van der Waals surface area contributed by atoms with Gasteiger partial charge in [0.15, 0.2) is 0 Å². The maximum atomic E-state index is 13.0. The van der Waals surface area contributed by atoms with Gasteiger partial charge in [0.2, 0.25) is 5.91 Å². The molecule has 1 saturated heterocycles. The number of carbonyl (C=O) groups is 1. The summed E-state index contributed by atoms with van der Waals surface area (Å²) >= 11 is 0. The number of amides is 1. The van der Waals surface area contributed by atoms with Gasteiger partial charge in [-0.1, -0.05) is 12.1 Å². The molecule has 0 spiro atoms. The third-order valence-corrected chi connectivity index (χ3v) is 4.51. The van der Waals surface area contributed by atoms with Crippen molar-refractivity contribution in [1.82, 2.24) is 9.88 Å². The molecule has 3 N–H and O–H groups in total. The standard InChI is InChI=1S/C19H23FN4O.ClH/c20-15-5-3-14(4-6-15)12-19(25)24-10-1-2-16(9-11-24)23-17-7-8-18(21)22-13-17;/h3-8,13,16,23H,1-2,9-12H2,(H2,21,22);1H. The maximum Gasteiger partial charge on any atom is 0.226 e. The number of likely N-dealkylation sites (tertiary alicyclic amines) is 1. The summed E-state index contributed by atoms with van der Waals surface area (Å²) in [6.07, 6.45) is 4.90. The van der Waals surface area contributed by atoms with E-state index in [2.05, 4.69) is 10.3 Å². The molecule has 1 aromatic carbocycles. The molecule has 1 fully saturated rings. The predicted octanol–water partition coefficient (Wildman–Crippen LogP) is 3.26. The fourth-order valence-corrected chi connectivity index (χ4v) is 3.11. The molecule has 0 radical (unpaired) electrons. The number of pyridine rings is 1. The van der Waals surface area contributed by atoms with Gasteiger partial charge in [0.25, 0.3) is 0 Å². The van der Waals surface area contributed by atoms with Crippen LogP contribution in [0.15, 0.2) is 42.6 Å². The quantitative estimate of drug-likeness (QED) is 0.856. The number of nitrogens with zero attached hydrogens (tertiary/aromatic N) is 2. The molecule has 1 amide bonds. The summed E-state index contributed by atoms with van der Waals surface area (Å²) in [5.74, 6) is 0.322. The van der Waals surface area contributed by atoms with E-state index in [1.807, 2.05) is 11.0 Å². The minimum absolute atomic E-state index is 0. The number of anilines is 2. The van der Waals surface area contributed by atoms with E-state index in [0.29, 0.717) is 18.3 Å². The van der Waals surface area contributed by atoms with Crippen molar-refractivity contribution >= 4 is 29.8 Å². The third-order valence-electron chi connectivity index (χ3n) is 4.51. The summed E-state index contributed by atoms with van der Waals surface area (Å²) in [6, 6.07) is 10.1. The molecule has 26 heavy (non-hydrogen) atoms. The lowest BCUT2D eigenvalue weighted by Crippen LogP contribution is -2.33. The number of aromatic nitrogens is 1. The van der Waals surface area contributed by atoms with Gasteiger partial charge in [-0.2, -0.15) is 0 Å². The zero-order valence-corrected chi connectivity index (χ0v) is 15.3. The van der Waals surface area contributed by atoms with Crippen molar-refractivity contribution in [1.29, 1.82) is 0 Å². The molecule has 2 aromatic rings. The van der Waals surface area contributed by atoms with Gasteiger partial charge in [0.1, 0.15) is 11.6 Å². The van der Waals surface area contributed by atoms with Crippen LogP contribution >= 0.6 is 12.4 Å². The smallest absolute Gasteiger partial charge is 0.226 e. The summed E-state index contributed by atoms with van der Waals surface area (Å²) in [5.41, 5.74) is 7.40. The fraction of sp³-hybridized carbons (Fsp3) is 0.368. The highest BCUT2D eigenvalue weighted by atomic mass is 35.5. The molecule has 7 heteroatoms. The van der Waals surface area contributed by atoms with Crippen molar-refractivity contribution in [3.05, 3.63) is 54.0 Å². The molecule has 140 valence electrons. The van der Waals surface area contributed by atoms with Gasteiger partial charge in [-0.15, -0.1) is 12.4 Å². The summed E-state index contributed by atoms with van der Waals surface area (Å²) in [5, 5.41) is 3.47. The van der Waals surface area contributed by atoms with Crippen LogP contribution in [-0.4, -0.2) is 34.9 Å². The van der Waals surface area contributed by atoms with Gasteiger partial charge in [-0.3, -0.25) is 4.79 Å². The predicted molar refractivity (Wildman–Crippen MR) is 104 cm³/mol. The van der Waals surface area contributed by atoms with E-state index in [9.17, 15) is 9.18 Å². The second kappa shape index (κ2) is 9.38. The van der Waals surface area contributed by atoms with Gasteiger partial charge >= 0.3 is 0 Å². The number of nitrogen functional groups attached to an aromatic ring is 1. The van der Waals surface area contributed by atoms with Crippen molar-refractivity contribution in [3.8, 4) is 0 Å². The minimum atomic E-state index is -0.281. The molecule has 2 heterocycles. The first-order chi connectivity index (χ1) is 12.1. The number of benzene rings is 1. The number of rotatable bonds is 4. The zero-order chi connectivity index (χ0) is 17.6. The lowest BCUT2D eigenvalue weighted by molar-refractivity contribution is -0.130. The van der Waals surface area contributed by atoms with Crippen molar-refractivity contribution in [3.63, 3.8) is 0 Å². The van der Waals surface area contributed by atoms with Gasteiger partial charge in [-0.25, -0.2) is 9.37 Å². The first-order valence-electron chi connectivity index (χ1n) is 8.60. The number of hydrogen-bond acceptors (Lipinski definition) is 4. The minimum Gasteiger partial charge on any atom is -0.384 e. The van der Waals surface area contributed by atoms with Gasteiger partial charge in [0, 0.05) is 19.1 Å². The van der Waals surface area contributed by atoms with Crippen LogP contribution in [-0.2, 0) is 11.2 Å². The molecule has 0 aliphatic carbocycles. The Morgan fingerprint density at radius 3 is 2.65 bits per heavy atom. The van der Waals surface area contributed by atoms with Gasteiger partial charge < -0.3 is 16.0 Å². The molecule has 3 rings (SSSR count). The van der Waals surface area contributed by atoms with E-state index in [-0.39, 0.29) is 24.1 Å². The second-order valence-corrected chi connectivity index (χ2v) is 6.43. The second-order valence-electron chi connectivity index (χ2n) is 6.43. The SMILES string of the molecule is Cl.Nc1ccc(NC2CCCN(C(=O)Cc3ccc(F)cc3)CC2)cn1. The average molecular weight is 379 g/mol. The van der Waals surface area contributed by atoms with E-state index < -0.39 is 0 Å². The summed E-state index contributed by atoms with van der Waals surface area (Å²) in [4.78, 5) is 18.5. The first-order valence-corrected chi connectivity index (χ1v) is 8.60. The lowest BCUT2D eigenvalue weighted by atomic mass is 10.1. The van der Waals surface area contributed by atoms with Crippen LogP contribution in [0.5, 0.6) is 0 Å². The largest absolute Gasteiger partial charge is 0.384 e. The Morgan fingerprint density at radius 1 is 1.19 bits per heavy atom. The Labute approximate surface area is 159 Å². The van der Waals surface area contributed by atoms with Gasteiger partial charge in [0.05, 0.1) is 18.3 Å². The van der Waals surface area contributed by atoms with E-state index in [1.54, 1.807) is 24.4 Å². The van der Waals surface area contributed by atoms with Crippen LogP contribution in [0.3, 0.4) is 0 Å². The van der Waals surface area contributed by atoms with E-state index >= 15 is 0 Å². The van der Waals surface area contributed by atoms with Crippen LogP contribution < -0.4 is 11.1 Å². The maximum absolute atomic E-state index is 13.0. The van der Waals surface area contributed by atoms with E-state index in [1.165, 1.54) is 12.1 Å². The molecule has 0 bridgehead atoms. The van der Waals surface area contributed by atoms with Crippen LogP contribution in [0.4, 0.5) is 15.9 Å². The number of halogens is 2. The number of hydrogen-bond donors (Lipinski definition) is 2. The van der Waals surface area contributed by atoms with Crippen molar-refractivity contribution in [2.75, 3.05) is 24.1 Å². The number of nitrogens with two attached hydrogens (primary N) is 1. The Balaban J connectivity index is 0.00000243. The normalized spacial score (nSPS) is 17.1. The molecule has 1 aliphatic heterocycles. The first kappa shape index (κ1) is 20.0. The summed E-state index contributed by atoms with van der Waals surface area (Å²) in [7, 11) is 0. The topological polar surface area (TPSA) is 71.2 Å². The molecular formula is C19H24ClFN4O. The van der Waals surface area contributed by atoms with E-state index in [4.69, 9.17) is 5.73 Å². The highest BCUT2D eigenvalue weighted by Crippen LogP contribution is 2.18. The molecule has 1 unspecified atom stereocenters. The molecule has 1 aliphatic rings. The monoisotopic (exact) mass is 378 g/mol. The highest BCUT2D eigenvalue weighted by molar-refractivity contribution is 5.85. The molecule has 5 nitrogen and oxygen atoms in total. The van der Waals surface area contributed by atoms with Crippen LogP contribution in [0.2, 0.25) is 0 Å². The number of carbonyl (C=O) groups excluding carboxylic acids is 1. The summed E-state index contributed by atoms with van der Waals surface area (Å²) < 4.78 is 13.0. The Bertz CT molecular complexity index is 708. The fourth-order valence-electron chi connectivity index (χ4n) is 3.11. The molecule has 0 saturated carbocycles. The molecular weight excluding hydrogens is 355 g/mol. The molecule has 1 atom stereocenters. The number of nitrogens with one attached hydrogen (secondary N) is 1. The average Bonchev–Trinajstić information content (AvgIpc) is 2.85. The third kappa shape index (κ3) is 5.59. The van der Waals surface area contributed by atoms with Crippen LogP contribution in [0, 0.1) is 5.82 Å². The molecule has 1 aromatic heterocycles. The summed E-state index contributed by atoms with van der Waals surface area (Å²) in [6.45, 7) is 1.48. The zero-order valence-electron chi connectivity index (χ0n) is 14.5. The van der Waals surface area contributed by atoms with Gasteiger partial charge in [-0.05, 0) is 49.1 Å². The van der Waals surface area contributed by atoms with Crippen molar-refractivity contribution < 1.29 is 9.18 Å². The van der Waals surface area contributed by atoms with E-state index in [0.717, 1.165) is 43.6 Å². The lowest BCUT2D eigenvalue weighted by Gasteiger charge is -2.21. The van der Waals surface area contributed by atoms with Crippen molar-refractivity contribution in [2.45, 2.75) is 31.7 Å². The Hall–Kier alpha value is -2.34. The van der Waals surface area contributed by atoms with Crippen molar-refractivity contribution in [2.24, 2.45) is 0 Å². The van der Waals surface area contributed by atoms with Crippen LogP contribution in [0.25, 0.3) is 0 Å². The highest BCUT2D eigenvalue weighted by Gasteiger charge is 2.20. The van der Waals surface area contributed by atoms with Crippen LogP contribution in [0.1, 0.15) is 24.8 Å². The Morgan fingerprint density at radius 2 is 1.96 bits per heavy atom. The Kier molecular flexibility index (Phi) is 7.21.